The van der Waals surface area contributed by atoms with Gasteiger partial charge in [0.05, 0.1) is 4.34 Å². The van der Waals surface area contributed by atoms with Gasteiger partial charge in [-0.3, -0.25) is 0 Å². The Hall–Kier alpha value is -0.790. The van der Waals surface area contributed by atoms with Crippen molar-refractivity contribution in [2.75, 3.05) is 5.73 Å². The lowest BCUT2D eigenvalue weighted by Gasteiger charge is -2.14. The maximum atomic E-state index is 12.4. The summed E-state index contributed by atoms with van der Waals surface area (Å²) >= 11 is 12.8. The molecule has 1 aliphatic carbocycles. The second-order valence-corrected chi connectivity index (χ2v) is 8.83. The molecule has 0 spiro atoms. The number of fused-ring (bicyclic) bond motifs is 1. The normalized spacial score (nSPS) is 17.9. The maximum Gasteiger partial charge on any atom is 0.243 e. The largest absolute Gasteiger partial charge is 0.399 e. The van der Waals surface area contributed by atoms with Gasteiger partial charge in [-0.15, -0.1) is 11.3 Å². The fourth-order valence-electron chi connectivity index (χ4n) is 2.52. The van der Waals surface area contributed by atoms with Gasteiger partial charge in [0.2, 0.25) is 10.0 Å². The lowest BCUT2D eigenvalue weighted by atomic mass is 10.1. The van der Waals surface area contributed by atoms with Crippen LogP contribution in [0.3, 0.4) is 0 Å². The third-order valence-corrected chi connectivity index (χ3v) is 6.68. The van der Waals surface area contributed by atoms with Crippen LogP contribution in [-0.2, 0) is 16.4 Å². The molecule has 8 heteroatoms. The van der Waals surface area contributed by atoms with Gasteiger partial charge < -0.3 is 5.73 Å². The predicted octanol–water partition coefficient (Wildman–Crippen LogP) is 3.60. The third kappa shape index (κ3) is 2.91. The SMILES string of the molecule is Nc1ccc2c(c1)CCC2NS(=O)(=O)c1cc(Cl)sc1Cl. The zero-order chi connectivity index (χ0) is 15.2. The van der Waals surface area contributed by atoms with Crippen molar-refractivity contribution >= 4 is 50.2 Å². The van der Waals surface area contributed by atoms with E-state index in [-0.39, 0.29) is 15.3 Å². The number of nitrogens with two attached hydrogens (primary N) is 1. The van der Waals surface area contributed by atoms with Crippen molar-refractivity contribution in [2.45, 2.75) is 23.8 Å². The number of thiophene rings is 1. The average Bonchev–Trinajstić information content (AvgIpc) is 2.93. The van der Waals surface area contributed by atoms with E-state index in [1.54, 1.807) is 6.07 Å². The topological polar surface area (TPSA) is 72.2 Å². The molecule has 0 saturated heterocycles. The Morgan fingerprint density at radius 2 is 2.05 bits per heavy atom. The molecular formula is C13H12Cl2N2O2S2. The number of rotatable bonds is 3. The Kier molecular flexibility index (Phi) is 3.92. The molecule has 112 valence electrons. The van der Waals surface area contributed by atoms with Crippen LogP contribution >= 0.6 is 34.5 Å². The Bertz CT molecular complexity index is 802. The van der Waals surface area contributed by atoms with Gasteiger partial charge in [0.25, 0.3) is 0 Å². The molecule has 3 N–H and O–H groups in total. The molecule has 1 aromatic heterocycles. The molecule has 2 aromatic rings. The highest BCUT2D eigenvalue weighted by atomic mass is 35.5. The number of benzene rings is 1. The molecule has 1 unspecified atom stereocenters. The number of nitrogens with one attached hydrogen (secondary N) is 1. The van der Waals surface area contributed by atoms with E-state index in [1.807, 2.05) is 12.1 Å². The first kappa shape index (κ1) is 15.1. The van der Waals surface area contributed by atoms with E-state index >= 15 is 0 Å². The van der Waals surface area contributed by atoms with E-state index in [2.05, 4.69) is 4.72 Å². The van der Waals surface area contributed by atoms with Gasteiger partial charge in [-0.1, -0.05) is 29.3 Å². The highest BCUT2D eigenvalue weighted by Gasteiger charge is 2.29. The molecule has 21 heavy (non-hydrogen) atoms. The molecule has 4 nitrogen and oxygen atoms in total. The second kappa shape index (κ2) is 5.44. The minimum atomic E-state index is -3.69. The molecule has 1 heterocycles. The third-order valence-electron chi connectivity index (χ3n) is 3.46. The second-order valence-electron chi connectivity index (χ2n) is 4.86. The van der Waals surface area contributed by atoms with Crippen LogP contribution in [0.2, 0.25) is 8.67 Å². The van der Waals surface area contributed by atoms with Crippen molar-refractivity contribution in [1.82, 2.24) is 4.72 Å². The number of anilines is 1. The molecule has 0 bridgehead atoms. The summed E-state index contributed by atoms with van der Waals surface area (Å²) in [5, 5.41) is 0. The first-order valence-corrected chi connectivity index (χ1v) is 9.28. The molecule has 0 amide bonds. The number of sulfonamides is 1. The van der Waals surface area contributed by atoms with Crippen LogP contribution in [0.4, 0.5) is 5.69 Å². The molecule has 1 atom stereocenters. The fraction of sp³-hybridized carbons (Fsp3) is 0.231. The summed E-state index contributed by atoms with van der Waals surface area (Å²) in [6, 6.07) is 6.64. The summed E-state index contributed by atoms with van der Waals surface area (Å²) in [4.78, 5) is 0.0306. The molecule has 1 aromatic carbocycles. The van der Waals surface area contributed by atoms with E-state index < -0.39 is 10.0 Å². The van der Waals surface area contributed by atoms with Gasteiger partial charge in [0, 0.05) is 11.7 Å². The van der Waals surface area contributed by atoms with Crippen molar-refractivity contribution in [1.29, 1.82) is 0 Å². The van der Waals surface area contributed by atoms with Crippen LogP contribution in [0.25, 0.3) is 0 Å². The minimum Gasteiger partial charge on any atom is -0.399 e. The lowest BCUT2D eigenvalue weighted by Crippen LogP contribution is -2.27. The predicted molar refractivity (Wildman–Crippen MR) is 86.6 cm³/mol. The summed E-state index contributed by atoms with van der Waals surface area (Å²) in [6.07, 6.45) is 1.50. The van der Waals surface area contributed by atoms with Crippen molar-refractivity contribution in [3.05, 3.63) is 44.1 Å². The van der Waals surface area contributed by atoms with Gasteiger partial charge in [-0.2, -0.15) is 0 Å². The first-order valence-electron chi connectivity index (χ1n) is 6.22. The highest BCUT2D eigenvalue weighted by Crippen LogP contribution is 2.37. The van der Waals surface area contributed by atoms with E-state index in [1.165, 1.54) is 6.07 Å². The quantitative estimate of drug-likeness (QED) is 0.819. The average molecular weight is 363 g/mol. The number of nitrogen functional groups attached to an aromatic ring is 1. The number of aryl methyl sites for hydroxylation is 1. The summed E-state index contributed by atoms with van der Waals surface area (Å²) in [5.41, 5.74) is 8.48. The molecule has 0 aliphatic heterocycles. The van der Waals surface area contributed by atoms with Crippen LogP contribution in [0.1, 0.15) is 23.6 Å². The molecule has 3 rings (SSSR count). The van der Waals surface area contributed by atoms with Gasteiger partial charge in [0.1, 0.15) is 9.23 Å². The molecule has 0 saturated carbocycles. The monoisotopic (exact) mass is 362 g/mol. The maximum absolute atomic E-state index is 12.4. The standard InChI is InChI=1S/C13H12Cl2N2O2S2/c14-12-6-11(13(15)20-12)21(18,19)17-10-4-1-7-5-8(16)2-3-9(7)10/h2-3,5-6,10,17H,1,4,16H2. The summed E-state index contributed by atoms with van der Waals surface area (Å²) < 4.78 is 28.1. The lowest BCUT2D eigenvalue weighted by molar-refractivity contribution is 0.555. The van der Waals surface area contributed by atoms with Crippen molar-refractivity contribution in [3.63, 3.8) is 0 Å². The Morgan fingerprint density at radius 1 is 1.29 bits per heavy atom. The Morgan fingerprint density at radius 3 is 2.71 bits per heavy atom. The van der Waals surface area contributed by atoms with Crippen molar-refractivity contribution in [2.24, 2.45) is 0 Å². The van der Waals surface area contributed by atoms with E-state index in [0.717, 1.165) is 28.9 Å². The van der Waals surface area contributed by atoms with E-state index in [4.69, 9.17) is 28.9 Å². The Labute approximate surface area is 136 Å². The zero-order valence-corrected chi connectivity index (χ0v) is 13.9. The highest BCUT2D eigenvalue weighted by molar-refractivity contribution is 7.89. The van der Waals surface area contributed by atoms with Crippen LogP contribution in [-0.4, -0.2) is 8.42 Å². The molecular weight excluding hydrogens is 351 g/mol. The smallest absolute Gasteiger partial charge is 0.243 e. The fourth-order valence-corrected chi connectivity index (χ4v) is 5.92. The van der Waals surface area contributed by atoms with E-state index in [9.17, 15) is 8.42 Å². The molecule has 1 aliphatic rings. The van der Waals surface area contributed by atoms with E-state index in [0.29, 0.717) is 16.4 Å². The molecule has 0 fully saturated rings. The van der Waals surface area contributed by atoms with Crippen LogP contribution in [0.15, 0.2) is 29.2 Å². The van der Waals surface area contributed by atoms with Crippen LogP contribution in [0.5, 0.6) is 0 Å². The molecule has 0 radical (unpaired) electrons. The number of halogens is 2. The van der Waals surface area contributed by atoms with Gasteiger partial charge in [-0.05, 0) is 42.2 Å². The minimum absolute atomic E-state index is 0.0306. The first-order chi connectivity index (χ1) is 9.87. The Balaban J connectivity index is 1.90. The van der Waals surface area contributed by atoms with Crippen LogP contribution in [0, 0.1) is 0 Å². The summed E-state index contributed by atoms with van der Waals surface area (Å²) in [7, 11) is -3.69. The summed E-state index contributed by atoms with van der Waals surface area (Å²) in [6.45, 7) is 0. The van der Waals surface area contributed by atoms with Crippen molar-refractivity contribution in [3.8, 4) is 0 Å². The van der Waals surface area contributed by atoms with Crippen molar-refractivity contribution < 1.29 is 8.42 Å². The van der Waals surface area contributed by atoms with Crippen LogP contribution < -0.4 is 10.5 Å². The summed E-state index contributed by atoms with van der Waals surface area (Å²) in [5.74, 6) is 0. The van der Waals surface area contributed by atoms with Gasteiger partial charge >= 0.3 is 0 Å². The number of hydrogen-bond donors (Lipinski definition) is 2. The van der Waals surface area contributed by atoms with Gasteiger partial charge in [-0.25, -0.2) is 13.1 Å². The zero-order valence-electron chi connectivity index (χ0n) is 10.8. The number of hydrogen-bond acceptors (Lipinski definition) is 4. The van der Waals surface area contributed by atoms with Gasteiger partial charge in [0.15, 0.2) is 0 Å².